The van der Waals surface area contributed by atoms with Gasteiger partial charge in [-0.1, -0.05) is 36.4 Å². The molecular weight excluding hydrogens is 433 g/mol. The van der Waals surface area contributed by atoms with Crippen molar-refractivity contribution < 1.29 is 23.1 Å². The van der Waals surface area contributed by atoms with Gasteiger partial charge in [-0.25, -0.2) is 5.43 Å². The van der Waals surface area contributed by atoms with Gasteiger partial charge in [0.1, 0.15) is 5.70 Å². The smallest absolute Gasteiger partial charge is 0.393 e. The number of anilines is 1. The van der Waals surface area contributed by atoms with Crippen molar-refractivity contribution in [2.24, 2.45) is 5.73 Å². The summed E-state index contributed by atoms with van der Waals surface area (Å²) in [6, 6.07) is 12.4. The molecule has 4 rings (SSSR count). The number of aliphatic hydroxyl groups excluding tert-OH is 1. The molecule has 176 valence electrons. The van der Waals surface area contributed by atoms with Crippen LogP contribution in [0.4, 0.5) is 18.9 Å². The fourth-order valence-electron chi connectivity index (χ4n) is 4.71. The molecule has 2 aliphatic rings. The Kier molecular flexibility index (Phi) is 6.11. The van der Waals surface area contributed by atoms with E-state index in [4.69, 9.17) is 5.73 Å². The predicted octanol–water partition coefficient (Wildman–Crippen LogP) is 3.61. The lowest BCUT2D eigenvalue weighted by atomic mass is 9.82. The minimum Gasteiger partial charge on any atom is -0.393 e. The van der Waals surface area contributed by atoms with Gasteiger partial charge in [0, 0.05) is 17.3 Å². The van der Waals surface area contributed by atoms with E-state index < -0.39 is 17.6 Å². The van der Waals surface area contributed by atoms with E-state index in [-0.39, 0.29) is 23.4 Å². The average molecular weight is 461 g/mol. The normalized spacial score (nSPS) is 25.3. The van der Waals surface area contributed by atoms with Crippen molar-refractivity contribution in [1.29, 1.82) is 0 Å². The molecule has 6 N–H and O–H groups in total. The van der Waals surface area contributed by atoms with Crippen molar-refractivity contribution in [3.05, 3.63) is 65.4 Å². The third kappa shape index (κ3) is 4.30. The summed E-state index contributed by atoms with van der Waals surface area (Å²) in [7, 11) is 0. The second kappa shape index (κ2) is 8.72. The molecule has 1 atom stereocenters. The fraction of sp³-hybridized carbons (Fsp3) is 0.375. The molecule has 0 radical (unpaired) electrons. The van der Waals surface area contributed by atoms with Gasteiger partial charge in [-0.05, 0) is 61.4 Å². The molecule has 0 saturated heterocycles. The van der Waals surface area contributed by atoms with Crippen LogP contribution in [0.25, 0.3) is 11.1 Å². The zero-order valence-corrected chi connectivity index (χ0v) is 18.2. The number of benzene rings is 2. The largest absolute Gasteiger partial charge is 0.416 e. The molecule has 33 heavy (non-hydrogen) atoms. The highest BCUT2D eigenvalue weighted by Crippen LogP contribution is 2.47. The van der Waals surface area contributed by atoms with Gasteiger partial charge in [-0.15, -0.1) is 0 Å². The van der Waals surface area contributed by atoms with Crippen molar-refractivity contribution in [2.45, 2.75) is 56.5 Å². The van der Waals surface area contributed by atoms with Crippen molar-refractivity contribution in [2.75, 3.05) is 5.32 Å². The zero-order valence-electron chi connectivity index (χ0n) is 18.2. The van der Waals surface area contributed by atoms with Gasteiger partial charge in [-0.3, -0.25) is 4.79 Å². The fourth-order valence-corrected chi connectivity index (χ4v) is 4.71. The van der Waals surface area contributed by atoms with Crippen LogP contribution >= 0.6 is 0 Å². The van der Waals surface area contributed by atoms with Crippen LogP contribution in [0.15, 0.2) is 54.2 Å². The number of alkyl halides is 3. The van der Waals surface area contributed by atoms with Crippen LogP contribution in [0.5, 0.6) is 0 Å². The number of aliphatic hydroxyl groups is 1. The first kappa shape index (κ1) is 23.1. The summed E-state index contributed by atoms with van der Waals surface area (Å²) in [6.07, 6.45) is -1.32. The lowest BCUT2D eigenvalue weighted by Gasteiger charge is -2.34. The van der Waals surface area contributed by atoms with Gasteiger partial charge in [0.05, 0.1) is 6.10 Å². The summed E-state index contributed by atoms with van der Waals surface area (Å²) in [6.45, 7) is 1.65. The number of hydrogen-bond acceptors (Lipinski definition) is 5. The highest BCUT2D eigenvalue weighted by molar-refractivity contribution is 5.92. The van der Waals surface area contributed by atoms with E-state index in [0.717, 1.165) is 30.2 Å². The summed E-state index contributed by atoms with van der Waals surface area (Å²) < 4.78 is 43.3. The Bertz CT molecular complexity index is 1060. The first-order valence-corrected chi connectivity index (χ1v) is 10.9. The number of halogens is 3. The van der Waals surface area contributed by atoms with Crippen LogP contribution < -0.4 is 21.9 Å². The summed E-state index contributed by atoms with van der Waals surface area (Å²) >= 11 is 0. The summed E-state index contributed by atoms with van der Waals surface area (Å²) in [4.78, 5) is 11.6. The zero-order chi connectivity index (χ0) is 23.8. The second-order valence-corrected chi connectivity index (χ2v) is 8.65. The topological polar surface area (TPSA) is 99.4 Å². The first-order valence-electron chi connectivity index (χ1n) is 10.9. The molecule has 1 amide bonds. The molecule has 0 aromatic heterocycles. The lowest BCUT2D eigenvalue weighted by molar-refractivity contribution is -0.184. The number of hydrogen-bond donors (Lipinski definition) is 5. The Morgan fingerprint density at radius 1 is 1.12 bits per heavy atom. The third-order valence-electron chi connectivity index (χ3n) is 6.48. The van der Waals surface area contributed by atoms with Gasteiger partial charge in [0.2, 0.25) is 0 Å². The Morgan fingerprint density at radius 2 is 1.79 bits per heavy atom. The molecule has 1 saturated carbocycles. The first-order chi connectivity index (χ1) is 15.6. The summed E-state index contributed by atoms with van der Waals surface area (Å²) in [5.74, 6) is -0.979. The van der Waals surface area contributed by atoms with E-state index >= 15 is 0 Å². The van der Waals surface area contributed by atoms with E-state index in [1.165, 1.54) is 6.07 Å². The molecule has 0 spiro atoms. The SMILES string of the molecule is Cc1c(C2(C(F)(F)F)C=C(C(N)=O)NN2)ccc(N[C@H]2CC[C@H](O)CC2)c1-c1ccccc1. The molecule has 0 bridgehead atoms. The monoisotopic (exact) mass is 460 g/mol. The van der Waals surface area contributed by atoms with Crippen LogP contribution in [-0.2, 0) is 10.3 Å². The van der Waals surface area contributed by atoms with E-state index in [2.05, 4.69) is 16.2 Å². The van der Waals surface area contributed by atoms with Crippen molar-refractivity contribution in [3.63, 3.8) is 0 Å². The maximum atomic E-state index is 14.4. The van der Waals surface area contributed by atoms with Crippen LogP contribution in [0.3, 0.4) is 0 Å². The molecule has 1 aliphatic carbocycles. The van der Waals surface area contributed by atoms with E-state index in [9.17, 15) is 23.1 Å². The van der Waals surface area contributed by atoms with Gasteiger partial charge in [-0.2, -0.15) is 13.2 Å². The average Bonchev–Trinajstić information content (AvgIpc) is 3.23. The number of rotatable bonds is 5. The van der Waals surface area contributed by atoms with E-state index in [1.54, 1.807) is 13.0 Å². The molecule has 1 heterocycles. The molecule has 2 aromatic carbocycles. The van der Waals surface area contributed by atoms with Crippen LogP contribution in [0.1, 0.15) is 36.8 Å². The number of carbonyl (C=O) groups is 1. The van der Waals surface area contributed by atoms with Gasteiger partial charge >= 0.3 is 6.18 Å². The Balaban J connectivity index is 1.85. The quantitative estimate of drug-likeness (QED) is 0.470. The molecule has 6 nitrogen and oxygen atoms in total. The van der Waals surface area contributed by atoms with Crippen LogP contribution in [0.2, 0.25) is 0 Å². The standard InChI is InChI=1S/C24H27F3N4O2/c1-14-18(23(24(25,26)27)13-20(22(28)33)30-31-23)11-12-19(21(14)15-5-3-2-4-6-15)29-16-7-9-17(32)10-8-16/h2-6,11-13,16-17,29-32H,7-10H2,1H3,(H2,28,33)/t16-,17-,23?. The summed E-state index contributed by atoms with van der Waals surface area (Å²) in [5.41, 5.74) is 9.41. The Labute approximate surface area is 190 Å². The number of hydrazine groups is 1. The van der Waals surface area contributed by atoms with Gasteiger partial charge < -0.3 is 21.6 Å². The van der Waals surface area contributed by atoms with Crippen molar-refractivity contribution in [1.82, 2.24) is 10.9 Å². The van der Waals surface area contributed by atoms with Crippen LogP contribution in [-0.4, -0.2) is 29.3 Å². The highest BCUT2D eigenvalue weighted by Gasteiger charge is 2.58. The Morgan fingerprint density at radius 3 is 2.36 bits per heavy atom. The molecule has 2 aromatic rings. The molecular formula is C24H27F3N4O2. The van der Waals surface area contributed by atoms with Crippen molar-refractivity contribution in [3.8, 4) is 11.1 Å². The predicted molar refractivity (Wildman–Crippen MR) is 120 cm³/mol. The molecule has 9 heteroatoms. The molecule has 1 fully saturated rings. The summed E-state index contributed by atoms with van der Waals surface area (Å²) in [5, 5.41) is 13.3. The number of primary amides is 1. The second-order valence-electron chi connectivity index (χ2n) is 8.65. The third-order valence-corrected chi connectivity index (χ3v) is 6.48. The number of nitrogens with one attached hydrogen (secondary N) is 3. The number of amides is 1. The lowest BCUT2D eigenvalue weighted by Crippen LogP contribution is -2.53. The maximum Gasteiger partial charge on any atom is 0.416 e. The van der Waals surface area contributed by atoms with Crippen molar-refractivity contribution >= 4 is 11.6 Å². The molecule has 1 aliphatic heterocycles. The number of nitrogens with two attached hydrogens (primary N) is 1. The minimum atomic E-state index is -4.75. The van der Waals surface area contributed by atoms with E-state index in [0.29, 0.717) is 24.0 Å². The minimum absolute atomic E-state index is 0.0257. The number of carbonyl (C=O) groups excluding carboxylic acids is 1. The molecule has 1 unspecified atom stereocenters. The highest BCUT2D eigenvalue weighted by atomic mass is 19.4. The maximum absolute atomic E-state index is 14.4. The van der Waals surface area contributed by atoms with E-state index in [1.807, 2.05) is 30.3 Å². The Hall–Kier alpha value is -3.04. The van der Waals surface area contributed by atoms with Gasteiger partial charge in [0.15, 0.2) is 5.54 Å². The van der Waals surface area contributed by atoms with Crippen LogP contribution in [0, 0.1) is 6.92 Å². The van der Waals surface area contributed by atoms with Gasteiger partial charge in [0.25, 0.3) is 5.91 Å².